The number of aromatic nitrogens is 1. The maximum atomic E-state index is 13.9. The van der Waals surface area contributed by atoms with Gasteiger partial charge in [-0.3, -0.25) is 14.4 Å². The van der Waals surface area contributed by atoms with Gasteiger partial charge in [-0.1, -0.05) is 35.6 Å². The van der Waals surface area contributed by atoms with Crippen LogP contribution >= 0.6 is 11.6 Å². The van der Waals surface area contributed by atoms with E-state index in [2.05, 4.69) is 31.8 Å². The van der Waals surface area contributed by atoms with Crippen molar-refractivity contribution < 1.29 is 26.4 Å². The third-order valence-corrected chi connectivity index (χ3v) is 7.48. The van der Waals surface area contributed by atoms with Gasteiger partial charge in [-0.05, 0) is 55.4 Å². The minimum absolute atomic E-state index is 0.0272. The number of halogens is 4. The van der Waals surface area contributed by atoms with Gasteiger partial charge in [0, 0.05) is 61.3 Å². The number of pyridine rings is 1. The molecule has 2 N–H and O–H groups in total. The van der Waals surface area contributed by atoms with Gasteiger partial charge in [0.05, 0.1) is 16.8 Å². The summed E-state index contributed by atoms with van der Waals surface area (Å²) in [6, 6.07) is 10.1. The Hall–Kier alpha value is -3.63. The number of anilines is 2. The first-order chi connectivity index (χ1) is 19.7. The number of sulfonamides is 1. The fourth-order valence-corrected chi connectivity index (χ4v) is 5.08. The Morgan fingerprint density at radius 2 is 1.79 bits per heavy atom. The van der Waals surface area contributed by atoms with Crippen LogP contribution in [-0.2, 0) is 22.7 Å². The molecule has 1 aromatic heterocycles. The SMILES string of the molecule is Cc1ccc(C(=O)Nc2ccc(CN3CCN(C)CC3)c(C(F)(F)F)c2)cc1C#Cc1cnc(NS(C)(=O)=O)c(Cl)c1. The summed E-state index contributed by atoms with van der Waals surface area (Å²) in [7, 11) is -1.58. The molecule has 13 heteroatoms. The van der Waals surface area contributed by atoms with Gasteiger partial charge < -0.3 is 10.2 Å². The molecule has 2 aromatic carbocycles. The molecular formula is C29H29ClF3N5O3S. The molecule has 0 unspecified atom stereocenters. The quantitative estimate of drug-likeness (QED) is 0.384. The second kappa shape index (κ2) is 12.7. The summed E-state index contributed by atoms with van der Waals surface area (Å²) in [4.78, 5) is 21.1. The Morgan fingerprint density at radius 3 is 2.43 bits per heavy atom. The monoisotopic (exact) mass is 619 g/mol. The van der Waals surface area contributed by atoms with Crippen molar-refractivity contribution in [3.63, 3.8) is 0 Å². The average molecular weight is 620 g/mol. The number of rotatable bonds is 6. The van der Waals surface area contributed by atoms with Crippen LogP contribution in [0, 0.1) is 18.8 Å². The number of likely N-dealkylation sites (N-methyl/N-ethyl adjacent to an activating group) is 1. The van der Waals surface area contributed by atoms with E-state index in [9.17, 15) is 26.4 Å². The lowest BCUT2D eigenvalue weighted by atomic mass is 10.0. The van der Waals surface area contributed by atoms with E-state index >= 15 is 0 Å². The van der Waals surface area contributed by atoms with Crippen LogP contribution < -0.4 is 10.0 Å². The predicted molar refractivity (Wildman–Crippen MR) is 157 cm³/mol. The molecule has 4 rings (SSSR count). The molecule has 0 atom stereocenters. The molecule has 1 saturated heterocycles. The van der Waals surface area contributed by atoms with E-state index < -0.39 is 27.7 Å². The number of nitrogens with one attached hydrogen (secondary N) is 2. The van der Waals surface area contributed by atoms with Gasteiger partial charge in [0.25, 0.3) is 5.91 Å². The zero-order valence-electron chi connectivity index (χ0n) is 23.1. The van der Waals surface area contributed by atoms with Crippen LogP contribution in [-0.4, -0.2) is 68.6 Å². The molecule has 222 valence electrons. The van der Waals surface area contributed by atoms with E-state index in [0.717, 1.165) is 31.0 Å². The predicted octanol–water partition coefficient (Wildman–Crippen LogP) is 4.83. The lowest BCUT2D eigenvalue weighted by Crippen LogP contribution is -2.44. The van der Waals surface area contributed by atoms with Gasteiger partial charge in [-0.15, -0.1) is 0 Å². The summed E-state index contributed by atoms with van der Waals surface area (Å²) in [6.45, 7) is 4.91. The first-order valence-corrected chi connectivity index (χ1v) is 15.1. The zero-order valence-corrected chi connectivity index (χ0v) is 24.7. The highest BCUT2D eigenvalue weighted by Gasteiger charge is 2.34. The van der Waals surface area contributed by atoms with Crippen molar-refractivity contribution in [2.45, 2.75) is 19.6 Å². The molecule has 42 heavy (non-hydrogen) atoms. The number of amides is 1. The van der Waals surface area contributed by atoms with E-state index in [-0.39, 0.29) is 34.2 Å². The fraction of sp³-hybridized carbons (Fsp3) is 0.310. The van der Waals surface area contributed by atoms with E-state index in [1.807, 2.05) is 11.9 Å². The Morgan fingerprint density at radius 1 is 1.07 bits per heavy atom. The first-order valence-electron chi connectivity index (χ1n) is 12.9. The van der Waals surface area contributed by atoms with Crippen LogP contribution in [0.25, 0.3) is 0 Å². The van der Waals surface area contributed by atoms with E-state index in [0.29, 0.717) is 24.2 Å². The molecular weight excluding hydrogens is 591 g/mol. The van der Waals surface area contributed by atoms with E-state index in [1.165, 1.54) is 24.4 Å². The smallest absolute Gasteiger partial charge is 0.322 e. The number of carbonyl (C=O) groups excluding carboxylic acids is 1. The Balaban J connectivity index is 1.51. The topological polar surface area (TPSA) is 94.6 Å². The number of piperazine rings is 1. The first kappa shape index (κ1) is 31.3. The van der Waals surface area contributed by atoms with Crippen molar-refractivity contribution in [3.8, 4) is 11.8 Å². The van der Waals surface area contributed by atoms with Gasteiger partial charge in [0.15, 0.2) is 5.82 Å². The highest BCUT2D eigenvalue weighted by Crippen LogP contribution is 2.35. The van der Waals surface area contributed by atoms with Crippen LogP contribution in [0.3, 0.4) is 0 Å². The number of carbonyl (C=O) groups is 1. The summed E-state index contributed by atoms with van der Waals surface area (Å²) < 4.78 is 66.9. The highest BCUT2D eigenvalue weighted by atomic mass is 35.5. The third-order valence-electron chi connectivity index (χ3n) is 6.63. The minimum Gasteiger partial charge on any atom is -0.322 e. The van der Waals surface area contributed by atoms with Gasteiger partial charge in [-0.25, -0.2) is 13.4 Å². The maximum Gasteiger partial charge on any atom is 0.416 e. The Labute approximate surface area is 247 Å². The van der Waals surface area contributed by atoms with Gasteiger partial charge in [0.1, 0.15) is 0 Å². The van der Waals surface area contributed by atoms with Crippen molar-refractivity contribution >= 4 is 39.0 Å². The summed E-state index contributed by atoms with van der Waals surface area (Å²) >= 11 is 6.11. The van der Waals surface area contributed by atoms with Crippen LogP contribution in [0.4, 0.5) is 24.7 Å². The van der Waals surface area contributed by atoms with Crippen molar-refractivity contribution in [2.24, 2.45) is 0 Å². The lowest BCUT2D eigenvalue weighted by molar-refractivity contribution is -0.138. The number of alkyl halides is 3. The summed E-state index contributed by atoms with van der Waals surface area (Å²) in [6.07, 6.45) is -2.25. The molecule has 1 fully saturated rings. The minimum atomic E-state index is -4.58. The van der Waals surface area contributed by atoms with Crippen LogP contribution in [0.2, 0.25) is 5.02 Å². The Bertz CT molecular complexity index is 1660. The highest BCUT2D eigenvalue weighted by molar-refractivity contribution is 7.92. The largest absolute Gasteiger partial charge is 0.416 e. The molecule has 3 aromatic rings. The van der Waals surface area contributed by atoms with Crippen molar-refractivity contribution in [2.75, 3.05) is 49.5 Å². The zero-order chi connectivity index (χ0) is 30.7. The molecule has 0 bridgehead atoms. The van der Waals surface area contributed by atoms with Crippen LogP contribution in [0.15, 0.2) is 48.7 Å². The molecule has 1 aliphatic rings. The van der Waals surface area contributed by atoms with Gasteiger partial charge >= 0.3 is 6.18 Å². The van der Waals surface area contributed by atoms with E-state index in [4.69, 9.17) is 11.6 Å². The van der Waals surface area contributed by atoms with Crippen LogP contribution in [0.5, 0.6) is 0 Å². The maximum absolute atomic E-state index is 13.9. The normalized spacial score (nSPS) is 14.6. The molecule has 8 nitrogen and oxygen atoms in total. The average Bonchev–Trinajstić information content (AvgIpc) is 2.90. The summed E-state index contributed by atoms with van der Waals surface area (Å²) in [5, 5.41) is 2.63. The van der Waals surface area contributed by atoms with Crippen LogP contribution in [0.1, 0.15) is 38.2 Å². The Kier molecular flexibility index (Phi) is 9.47. The molecule has 1 amide bonds. The van der Waals surface area contributed by atoms with Gasteiger partial charge in [-0.2, -0.15) is 13.2 Å². The number of nitrogens with zero attached hydrogens (tertiary/aromatic N) is 3. The molecule has 0 saturated carbocycles. The third kappa shape index (κ3) is 8.45. The second-order valence-electron chi connectivity index (χ2n) is 10.1. The molecule has 1 aliphatic heterocycles. The van der Waals surface area contributed by atoms with Crippen molar-refractivity contribution in [1.82, 2.24) is 14.8 Å². The van der Waals surface area contributed by atoms with E-state index in [1.54, 1.807) is 25.1 Å². The van der Waals surface area contributed by atoms with Crippen molar-refractivity contribution in [3.05, 3.63) is 87.1 Å². The van der Waals surface area contributed by atoms with Crippen molar-refractivity contribution in [1.29, 1.82) is 0 Å². The number of aryl methyl sites for hydroxylation is 1. The summed E-state index contributed by atoms with van der Waals surface area (Å²) in [5.74, 6) is 5.20. The standard InChI is InChI=1S/C29H29ClF3N5O3S/c1-19-4-6-22(15-21(19)7-5-20-14-26(30)27(34-17-20)36-42(3,40)41)28(39)35-24-9-8-23(25(16-24)29(31,32)33)18-38-12-10-37(2)11-13-38/h4,6,8-9,14-17H,10-13,18H2,1-3H3,(H,34,36)(H,35,39). The number of hydrogen-bond acceptors (Lipinski definition) is 6. The molecule has 0 aliphatic carbocycles. The lowest BCUT2D eigenvalue weighted by Gasteiger charge is -2.33. The second-order valence-corrected chi connectivity index (χ2v) is 12.3. The fourth-order valence-electron chi connectivity index (χ4n) is 4.30. The molecule has 0 spiro atoms. The number of hydrogen-bond donors (Lipinski definition) is 2. The molecule has 2 heterocycles. The number of benzene rings is 2. The van der Waals surface area contributed by atoms with Gasteiger partial charge in [0.2, 0.25) is 10.0 Å². The molecule has 0 radical (unpaired) electrons. The summed E-state index contributed by atoms with van der Waals surface area (Å²) in [5.41, 5.74) is 1.31.